The summed E-state index contributed by atoms with van der Waals surface area (Å²) in [5.41, 5.74) is 0. The zero-order valence-corrected chi connectivity index (χ0v) is 7.92. The van der Waals surface area contributed by atoms with Crippen LogP contribution in [0.15, 0.2) is 11.8 Å². The maximum absolute atomic E-state index is 11.0. The van der Waals surface area contributed by atoms with Gasteiger partial charge in [-0.25, -0.2) is 4.79 Å². The Morgan fingerprint density at radius 2 is 2.08 bits per heavy atom. The molecule has 0 aliphatic heterocycles. The molecule has 0 unspecified atom stereocenters. The predicted molar refractivity (Wildman–Crippen MR) is 46.6 cm³/mol. The maximum atomic E-state index is 11.0. The van der Waals surface area contributed by atoms with E-state index in [9.17, 15) is 4.79 Å². The molecule has 12 heavy (non-hydrogen) atoms. The summed E-state index contributed by atoms with van der Waals surface area (Å²) in [6, 6.07) is 0. The number of esters is 1. The molecule has 0 amide bonds. The maximum Gasteiger partial charge on any atom is 0.372 e. The number of hydrogen-bond donors (Lipinski definition) is 0. The summed E-state index contributed by atoms with van der Waals surface area (Å²) in [6.07, 6.45) is 3.38. The van der Waals surface area contributed by atoms with E-state index in [-0.39, 0.29) is 0 Å². The number of rotatable bonds is 5. The van der Waals surface area contributed by atoms with Crippen molar-refractivity contribution in [2.75, 3.05) is 13.7 Å². The Hall–Kier alpha value is -0.990. The quantitative estimate of drug-likeness (QED) is 0.361. The summed E-state index contributed by atoms with van der Waals surface area (Å²) < 4.78 is 9.70. The average Bonchev–Trinajstić information content (AvgIpc) is 2.11. The molecule has 0 rings (SSSR count). The molecule has 3 nitrogen and oxygen atoms in total. The summed E-state index contributed by atoms with van der Waals surface area (Å²) in [5.74, 6) is -0.0767. The lowest BCUT2D eigenvalue weighted by molar-refractivity contribution is -0.140. The summed E-state index contributed by atoms with van der Waals surface area (Å²) in [6.45, 7) is 4.49. The first-order valence-corrected chi connectivity index (χ1v) is 4.17. The predicted octanol–water partition coefficient (Wildman–Crippen LogP) is 1.88. The first-order chi connectivity index (χ1) is 5.76. The normalized spacial score (nSPS) is 11.1. The van der Waals surface area contributed by atoms with Crippen LogP contribution in [0.5, 0.6) is 0 Å². The van der Waals surface area contributed by atoms with Crippen molar-refractivity contribution in [3.8, 4) is 0 Å². The zero-order valence-electron chi connectivity index (χ0n) is 7.92. The molecular formula is C9H16O3. The molecule has 0 aliphatic carbocycles. The van der Waals surface area contributed by atoms with Gasteiger partial charge in [-0.15, -0.1) is 0 Å². The Morgan fingerprint density at radius 3 is 2.50 bits per heavy atom. The molecule has 0 aromatic heterocycles. The van der Waals surface area contributed by atoms with Gasteiger partial charge in [-0.05, 0) is 18.9 Å². The molecule has 0 radical (unpaired) electrons. The minimum Gasteiger partial charge on any atom is -0.487 e. The molecule has 0 aromatic carbocycles. The van der Waals surface area contributed by atoms with Crippen LogP contribution in [0.1, 0.15) is 26.7 Å². The molecule has 0 heterocycles. The molecule has 0 atom stereocenters. The van der Waals surface area contributed by atoms with Gasteiger partial charge in [0.2, 0.25) is 5.76 Å². The number of ether oxygens (including phenoxy) is 2. The molecule has 0 aliphatic rings. The average molecular weight is 172 g/mol. The molecule has 3 heteroatoms. The third-order valence-electron chi connectivity index (χ3n) is 1.24. The molecule has 0 saturated heterocycles. The van der Waals surface area contributed by atoms with E-state index in [1.54, 1.807) is 6.08 Å². The molecule has 0 aromatic rings. The van der Waals surface area contributed by atoms with E-state index in [1.807, 2.05) is 13.8 Å². The third kappa shape index (κ3) is 4.01. The first-order valence-electron chi connectivity index (χ1n) is 4.17. The molecular weight excluding hydrogens is 156 g/mol. The summed E-state index contributed by atoms with van der Waals surface area (Å²) in [5, 5.41) is 0. The minimum absolute atomic E-state index is 0.321. The zero-order chi connectivity index (χ0) is 9.40. The number of carbonyl (C=O) groups is 1. The summed E-state index contributed by atoms with van der Waals surface area (Å²) in [4.78, 5) is 11.0. The van der Waals surface area contributed by atoms with Gasteiger partial charge in [-0.2, -0.15) is 0 Å². The van der Waals surface area contributed by atoms with Crippen molar-refractivity contribution in [2.45, 2.75) is 26.7 Å². The molecule has 0 fully saturated rings. The fourth-order valence-electron chi connectivity index (χ4n) is 0.699. The van der Waals surface area contributed by atoms with E-state index in [2.05, 4.69) is 4.74 Å². The highest BCUT2D eigenvalue weighted by Crippen LogP contribution is 2.02. The largest absolute Gasteiger partial charge is 0.487 e. The standard InChI is InChI=1S/C9H16O3/c1-4-6-8(9(10)11-3)12-7-5-2/h6H,4-5,7H2,1-3H3. The van der Waals surface area contributed by atoms with Gasteiger partial charge in [-0.3, -0.25) is 0 Å². The summed E-state index contributed by atoms with van der Waals surface area (Å²) >= 11 is 0. The van der Waals surface area contributed by atoms with Gasteiger partial charge in [0, 0.05) is 0 Å². The highest BCUT2D eigenvalue weighted by Gasteiger charge is 2.08. The van der Waals surface area contributed by atoms with E-state index >= 15 is 0 Å². The lowest BCUT2D eigenvalue weighted by Crippen LogP contribution is -2.08. The van der Waals surface area contributed by atoms with Gasteiger partial charge in [0.25, 0.3) is 0 Å². The van der Waals surface area contributed by atoms with Crippen molar-refractivity contribution in [1.82, 2.24) is 0 Å². The van der Waals surface area contributed by atoms with E-state index in [1.165, 1.54) is 7.11 Å². The van der Waals surface area contributed by atoms with Crippen molar-refractivity contribution in [1.29, 1.82) is 0 Å². The Labute approximate surface area is 73.4 Å². The van der Waals surface area contributed by atoms with Gasteiger partial charge < -0.3 is 9.47 Å². The second-order valence-corrected chi connectivity index (χ2v) is 2.32. The highest BCUT2D eigenvalue weighted by molar-refractivity contribution is 5.86. The fraction of sp³-hybridized carbons (Fsp3) is 0.667. The van der Waals surface area contributed by atoms with Crippen LogP contribution in [0.3, 0.4) is 0 Å². The Morgan fingerprint density at radius 1 is 1.42 bits per heavy atom. The van der Waals surface area contributed by atoms with E-state index in [0.29, 0.717) is 12.4 Å². The van der Waals surface area contributed by atoms with Crippen molar-refractivity contribution in [3.05, 3.63) is 11.8 Å². The SMILES string of the molecule is CCC=C(OCCC)C(=O)OC. The van der Waals surface area contributed by atoms with Crippen LogP contribution in [0, 0.1) is 0 Å². The lowest BCUT2D eigenvalue weighted by atomic mass is 10.4. The monoisotopic (exact) mass is 172 g/mol. The third-order valence-corrected chi connectivity index (χ3v) is 1.24. The van der Waals surface area contributed by atoms with Crippen molar-refractivity contribution >= 4 is 5.97 Å². The van der Waals surface area contributed by atoms with Crippen molar-refractivity contribution < 1.29 is 14.3 Å². The van der Waals surface area contributed by atoms with Crippen LogP contribution < -0.4 is 0 Å². The Kier molecular flexibility index (Phi) is 6.15. The van der Waals surface area contributed by atoms with Crippen molar-refractivity contribution in [2.24, 2.45) is 0 Å². The van der Waals surface area contributed by atoms with Gasteiger partial charge in [0.1, 0.15) is 0 Å². The lowest BCUT2D eigenvalue weighted by Gasteiger charge is -2.06. The summed E-state index contributed by atoms with van der Waals surface area (Å²) in [7, 11) is 1.35. The van der Waals surface area contributed by atoms with E-state index in [0.717, 1.165) is 12.8 Å². The molecule has 0 spiro atoms. The second-order valence-electron chi connectivity index (χ2n) is 2.32. The van der Waals surface area contributed by atoms with Crippen LogP contribution in [0.4, 0.5) is 0 Å². The first kappa shape index (κ1) is 11.0. The minimum atomic E-state index is -0.398. The molecule has 0 bridgehead atoms. The van der Waals surface area contributed by atoms with Gasteiger partial charge in [0.15, 0.2) is 0 Å². The highest BCUT2D eigenvalue weighted by atomic mass is 16.6. The van der Waals surface area contributed by atoms with Gasteiger partial charge >= 0.3 is 5.97 Å². The number of methoxy groups -OCH3 is 1. The van der Waals surface area contributed by atoms with Crippen LogP contribution in [-0.2, 0) is 14.3 Å². The Balaban J connectivity index is 4.04. The number of carbonyl (C=O) groups excluding carboxylic acids is 1. The van der Waals surface area contributed by atoms with Gasteiger partial charge in [0.05, 0.1) is 13.7 Å². The number of allylic oxidation sites excluding steroid dienone is 1. The molecule has 0 N–H and O–H groups in total. The topological polar surface area (TPSA) is 35.5 Å². The van der Waals surface area contributed by atoms with Crippen molar-refractivity contribution in [3.63, 3.8) is 0 Å². The van der Waals surface area contributed by atoms with Crippen LogP contribution in [-0.4, -0.2) is 19.7 Å². The van der Waals surface area contributed by atoms with E-state index < -0.39 is 5.97 Å². The van der Waals surface area contributed by atoms with Gasteiger partial charge in [-0.1, -0.05) is 13.8 Å². The van der Waals surface area contributed by atoms with Crippen LogP contribution in [0.2, 0.25) is 0 Å². The number of hydrogen-bond acceptors (Lipinski definition) is 3. The fourth-order valence-corrected chi connectivity index (χ4v) is 0.699. The van der Waals surface area contributed by atoms with Crippen LogP contribution in [0.25, 0.3) is 0 Å². The smallest absolute Gasteiger partial charge is 0.372 e. The van der Waals surface area contributed by atoms with Crippen LogP contribution >= 0.6 is 0 Å². The molecule has 0 saturated carbocycles. The molecule has 70 valence electrons. The van der Waals surface area contributed by atoms with E-state index in [4.69, 9.17) is 4.74 Å². The second kappa shape index (κ2) is 6.70. The Bertz CT molecular complexity index is 161.